The van der Waals surface area contributed by atoms with E-state index in [4.69, 9.17) is 4.42 Å². The van der Waals surface area contributed by atoms with Crippen molar-refractivity contribution in [2.45, 2.75) is 31.7 Å². The van der Waals surface area contributed by atoms with Crippen LogP contribution in [0.3, 0.4) is 0 Å². The van der Waals surface area contributed by atoms with Gasteiger partial charge in [-0.2, -0.15) is 0 Å². The van der Waals surface area contributed by atoms with Crippen molar-refractivity contribution in [3.05, 3.63) is 46.5 Å². The summed E-state index contributed by atoms with van der Waals surface area (Å²) in [6.07, 6.45) is 7.98. The Hall–Kier alpha value is -1.55. The molecule has 0 bridgehead atoms. The summed E-state index contributed by atoms with van der Waals surface area (Å²) in [5, 5.41) is 5.25. The first-order valence-electron chi connectivity index (χ1n) is 6.71. The molecule has 4 heteroatoms. The summed E-state index contributed by atoms with van der Waals surface area (Å²) >= 11 is 1.72. The Balaban J connectivity index is 1.77. The molecule has 0 unspecified atom stereocenters. The van der Waals surface area contributed by atoms with Crippen LogP contribution in [0.4, 0.5) is 0 Å². The zero-order valence-corrected chi connectivity index (χ0v) is 11.5. The Morgan fingerprint density at radius 2 is 2.21 bits per heavy atom. The second kappa shape index (κ2) is 5.61. The van der Waals surface area contributed by atoms with E-state index in [1.807, 2.05) is 6.07 Å². The summed E-state index contributed by atoms with van der Waals surface area (Å²) in [5.74, 6) is 0.522. The number of carbonyl (C=O) groups excluding carboxylic acids is 1. The third kappa shape index (κ3) is 2.73. The van der Waals surface area contributed by atoms with Gasteiger partial charge < -0.3 is 9.73 Å². The number of nitrogens with one attached hydrogen (secondary N) is 1. The van der Waals surface area contributed by atoms with Gasteiger partial charge in [-0.3, -0.25) is 4.79 Å². The first kappa shape index (κ1) is 12.5. The van der Waals surface area contributed by atoms with Crippen molar-refractivity contribution < 1.29 is 9.21 Å². The molecule has 3 nitrogen and oxygen atoms in total. The molecule has 0 radical (unpaired) electrons. The van der Waals surface area contributed by atoms with Crippen molar-refractivity contribution in [1.29, 1.82) is 0 Å². The van der Waals surface area contributed by atoms with Crippen molar-refractivity contribution in [2.75, 3.05) is 0 Å². The lowest BCUT2D eigenvalue weighted by Crippen LogP contribution is -2.32. The molecule has 100 valence electrons. The van der Waals surface area contributed by atoms with E-state index in [-0.39, 0.29) is 11.9 Å². The minimum Gasteiger partial charge on any atom is -0.472 e. The van der Waals surface area contributed by atoms with E-state index in [1.165, 1.54) is 43.1 Å². The molecule has 0 aromatic carbocycles. The minimum absolute atomic E-state index is 0.0425. The number of rotatable bonds is 4. The van der Waals surface area contributed by atoms with Crippen molar-refractivity contribution in [2.24, 2.45) is 5.92 Å². The van der Waals surface area contributed by atoms with Crippen LogP contribution in [0.25, 0.3) is 0 Å². The Morgan fingerprint density at radius 1 is 1.37 bits per heavy atom. The van der Waals surface area contributed by atoms with Crippen LogP contribution >= 0.6 is 11.3 Å². The van der Waals surface area contributed by atoms with E-state index in [2.05, 4.69) is 16.8 Å². The lowest BCUT2D eigenvalue weighted by atomic mass is 9.96. The van der Waals surface area contributed by atoms with Gasteiger partial charge in [0.25, 0.3) is 5.91 Å². The number of amides is 1. The SMILES string of the molecule is O=C(N[C@@H](c1cccs1)C1CCCC1)c1ccoc1. The van der Waals surface area contributed by atoms with Gasteiger partial charge in [0.15, 0.2) is 0 Å². The van der Waals surface area contributed by atoms with Gasteiger partial charge in [0.1, 0.15) is 6.26 Å². The fraction of sp³-hybridized carbons (Fsp3) is 0.400. The zero-order valence-electron chi connectivity index (χ0n) is 10.7. The molecule has 2 heterocycles. The topological polar surface area (TPSA) is 42.2 Å². The number of hydrogen-bond acceptors (Lipinski definition) is 3. The Labute approximate surface area is 116 Å². The summed E-state index contributed by atoms with van der Waals surface area (Å²) in [7, 11) is 0. The Morgan fingerprint density at radius 3 is 2.84 bits per heavy atom. The smallest absolute Gasteiger partial charge is 0.255 e. The van der Waals surface area contributed by atoms with E-state index in [9.17, 15) is 4.79 Å². The lowest BCUT2D eigenvalue weighted by Gasteiger charge is -2.23. The lowest BCUT2D eigenvalue weighted by molar-refractivity contribution is 0.0922. The van der Waals surface area contributed by atoms with Crippen LogP contribution < -0.4 is 5.32 Å². The average molecular weight is 275 g/mol. The van der Waals surface area contributed by atoms with Crippen molar-refractivity contribution in [1.82, 2.24) is 5.32 Å². The third-order valence-electron chi connectivity index (χ3n) is 3.79. The Kier molecular flexibility index (Phi) is 3.69. The van der Waals surface area contributed by atoms with Gasteiger partial charge in [-0.25, -0.2) is 0 Å². The molecule has 19 heavy (non-hydrogen) atoms. The highest BCUT2D eigenvalue weighted by Crippen LogP contribution is 2.37. The summed E-state index contributed by atoms with van der Waals surface area (Å²) in [6, 6.07) is 6.01. The molecule has 0 spiro atoms. The standard InChI is InChI=1S/C15H17NO2S/c17-15(12-7-8-18-10-12)16-14(11-4-1-2-5-11)13-6-3-9-19-13/h3,6-11,14H,1-2,4-5H2,(H,16,17)/t14-/m1/s1. The van der Waals surface area contributed by atoms with E-state index >= 15 is 0 Å². The molecular weight excluding hydrogens is 258 g/mol. The third-order valence-corrected chi connectivity index (χ3v) is 4.75. The summed E-state index contributed by atoms with van der Waals surface area (Å²) < 4.78 is 4.98. The maximum absolute atomic E-state index is 12.2. The van der Waals surface area contributed by atoms with Crippen LogP contribution in [0.1, 0.15) is 47.0 Å². The predicted octanol–water partition coefficient (Wildman–Crippen LogP) is 4.00. The van der Waals surface area contributed by atoms with Gasteiger partial charge in [0, 0.05) is 4.88 Å². The molecule has 2 aromatic rings. The van der Waals surface area contributed by atoms with E-state index in [1.54, 1.807) is 17.4 Å². The monoisotopic (exact) mass is 275 g/mol. The highest BCUT2D eigenvalue weighted by atomic mass is 32.1. The fourth-order valence-electron chi connectivity index (χ4n) is 2.80. The second-order valence-electron chi connectivity index (χ2n) is 5.02. The van der Waals surface area contributed by atoms with Crippen molar-refractivity contribution in [3.8, 4) is 0 Å². The highest BCUT2D eigenvalue weighted by Gasteiger charge is 2.28. The second-order valence-corrected chi connectivity index (χ2v) is 6.00. The molecule has 2 aromatic heterocycles. The average Bonchev–Trinajstić information content (AvgIpc) is 3.17. The molecule has 3 rings (SSSR count). The molecule has 1 fully saturated rings. The molecule has 1 saturated carbocycles. The first-order chi connectivity index (χ1) is 9.34. The predicted molar refractivity (Wildman–Crippen MR) is 75.2 cm³/mol. The van der Waals surface area contributed by atoms with Crippen LogP contribution in [-0.4, -0.2) is 5.91 Å². The zero-order chi connectivity index (χ0) is 13.1. The van der Waals surface area contributed by atoms with E-state index < -0.39 is 0 Å². The van der Waals surface area contributed by atoms with Gasteiger partial charge in [0.05, 0.1) is 17.9 Å². The largest absolute Gasteiger partial charge is 0.472 e. The van der Waals surface area contributed by atoms with Crippen LogP contribution in [0.15, 0.2) is 40.5 Å². The molecule has 1 aliphatic carbocycles. The number of hydrogen-bond donors (Lipinski definition) is 1. The number of thiophene rings is 1. The van der Waals surface area contributed by atoms with Gasteiger partial charge in [-0.15, -0.1) is 11.3 Å². The fourth-order valence-corrected chi connectivity index (χ4v) is 3.67. The van der Waals surface area contributed by atoms with Crippen LogP contribution in [-0.2, 0) is 0 Å². The molecule has 1 atom stereocenters. The maximum Gasteiger partial charge on any atom is 0.255 e. The summed E-state index contributed by atoms with van der Waals surface area (Å²) in [4.78, 5) is 13.5. The van der Waals surface area contributed by atoms with Gasteiger partial charge in [0.2, 0.25) is 0 Å². The summed E-state index contributed by atoms with van der Waals surface area (Å²) in [6.45, 7) is 0. The van der Waals surface area contributed by atoms with E-state index in [0.29, 0.717) is 11.5 Å². The van der Waals surface area contributed by atoms with E-state index in [0.717, 1.165) is 0 Å². The van der Waals surface area contributed by atoms with Gasteiger partial charge in [-0.05, 0) is 36.3 Å². The molecule has 0 saturated heterocycles. The van der Waals surface area contributed by atoms with Crippen molar-refractivity contribution >= 4 is 17.2 Å². The number of furan rings is 1. The molecular formula is C15H17NO2S. The molecule has 1 amide bonds. The van der Waals surface area contributed by atoms with Crippen molar-refractivity contribution in [3.63, 3.8) is 0 Å². The normalized spacial score (nSPS) is 17.5. The van der Waals surface area contributed by atoms with Crippen LogP contribution in [0, 0.1) is 5.92 Å². The molecule has 1 aliphatic rings. The quantitative estimate of drug-likeness (QED) is 0.916. The van der Waals surface area contributed by atoms with Crippen LogP contribution in [0.5, 0.6) is 0 Å². The molecule has 1 N–H and O–H groups in total. The first-order valence-corrected chi connectivity index (χ1v) is 7.59. The maximum atomic E-state index is 12.2. The van der Waals surface area contributed by atoms with Crippen LogP contribution in [0.2, 0.25) is 0 Å². The molecule has 0 aliphatic heterocycles. The van der Waals surface area contributed by atoms with Gasteiger partial charge >= 0.3 is 0 Å². The Bertz CT molecular complexity index is 512. The summed E-state index contributed by atoms with van der Waals surface area (Å²) in [5.41, 5.74) is 0.597. The highest BCUT2D eigenvalue weighted by molar-refractivity contribution is 7.10. The minimum atomic E-state index is -0.0425. The van der Waals surface area contributed by atoms with Gasteiger partial charge in [-0.1, -0.05) is 18.9 Å². The number of carbonyl (C=O) groups is 1.